The summed E-state index contributed by atoms with van der Waals surface area (Å²) >= 11 is 0. The molecule has 0 bridgehead atoms. The summed E-state index contributed by atoms with van der Waals surface area (Å²) in [6.45, 7) is 0. The van der Waals surface area contributed by atoms with E-state index in [2.05, 4.69) is 0 Å². The Hall–Kier alpha value is -0.295. The van der Waals surface area contributed by atoms with E-state index in [0.717, 1.165) is 0 Å². The molecule has 0 heterocycles. The first-order valence-electron chi connectivity index (χ1n) is 1.34. The summed E-state index contributed by atoms with van der Waals surface area (Å²) in [6.07, 6.45) is 0. The molecule has 0 amide bonds. The molecule has 0 aliphatic heterocycles. The van der Waals surface area contributed by atoms with Gasteiger partial charge in [-0.3, -0.25) is 18.8 Å². The maximum atomic E-state index is 2.00. The minimum Gasteiger partial charge on any atom is -0.412 e. The van der Waals surface area contributed by atoms with Gasteiger partial charge in [-0.25, -0.2) is 0 Å². The SMILES string of the molecule is B.CN(C)C.F.F.F.F.O. The van der Waals surface area contributed by atoms with Gasteiger partial charge in [0.1, 0.15) is 0 Å². The average Bonchev–Trinajstić information content (AvgIpc) is 0.811. The molecular formula is C3H18BF4NO. The Morgan fingerprint density at radius 1 is 0.700 bits per heavy atom. The van der Waals surface area contributed by atoms with Crippen molar-refractivity contribution in [3.63, 3.8) is 0 Å². The molecule has 0 rings (SSSR count). The summed E-state index contributed by atoms with van der Waals surface area (Å²) in [5, 5.41) is 0. The van der Waals surface area contributed by atoms with Gasteiger partial charge in [0.05, 0.1) is 8.41 Å². The zero-order valence-electron chi connectivity index (χ0n) is 5.58. The minimum atomic E-state index is 0. The first-order chi connectivity index (χ1) is 1.73. The van der Waals surface area contributed by atoms with Gasteiger partial charge in [-0.05, 0) is 21.1 Å². The van der Waals surface area contributed by atoms with Gasteiger partial charge >= 0.3 is 0 Å². The first kappa shape index (κ1) is 101. The van der Waals surface area contributed by atoms with Crippen LogP contribution in [0.4, 0.5) is 18.8 Å². The molecule has 0 aliphatic carbocycles. The van der Waals surface area contributed by atoms with Crippen LogP contribution in [0.1, 0.15) is 0 Å². The predicted molar refractivity (Wildman–Crippen MR) is 43.2 cm³/mol. The van der Waals surface area contributed by atoms with Gasteiger partial charge in [-0.15, -0.1) is 0 Å². The fourth-order valence-corrected chi connectivity index (χ4v) is 0. The molecule has 0 saturated carbocycles. The van der Waals surface area contributed by atoms with Crippen LogP contribution >= 0.6 is 0 Å². The molecule has 0 aromatic carbocycles. The molecule has 7 heteroatoms. The zero-order chi connectivity index (χ0) is 3.58. The van der Waals surface area contributed by atoms with Crippen molar-refractivity contribution in [2.75, 3.05) is 21.1 Å². The van der Waals surface area contributed by atoms with E-state index in [-0.39, 0.29) is 32.7 Å². The van der Waals surface area contributed by atoms with E-state index in [0.29, 0.717) is 0 Å². The van der Waals surface area contributed by atoms with Crippen LogP contribution in [-0.2, 0) is 0 Å². The lowest BCUT2D eigenvalue weighted by molar-refractivity contribution is 0.505. The highest BCUT2D eigenvalue weighted by Crippen LogP contribution is 1.47. The predicted octanol–water partition coefficient (Wildman–Crippen LogP) is -1.22. The van der Waals surface area contributed by atoms with Crippen molar-refractivity contribution in [3.05, 3.63) is 0 Å². The number of hydrogen-bond acceptors (Lipinski definition) is 1. The Balaban J connectivity index is -0.00000000300. The van der Waals surface area contributed by atoms with Crippen molar-refractivity contribution in [2.45, 2.75) is 0 Å². The topological polar surface area (TPSA) is 34.7 Å². The zero-order valence-corrected chi connectivity index (χ0v) is 5.58. The standard InChI is InChI=1S/C3H9N.BH3.4FH.H2O/c1-4(2)3;;;;;;/h1-3H3;1H3;4*1H;1H2. The van der Waals surface area contributed by atoms with Crippen molar-refractivity contribution in [1.29, 1.82) is 0 Å². The van der Waals surface area contributed by atoms with Crippen molar-refractivity contribution in [2.24, 2.45) is 0 Å². The van der Waals surface area contributed by atoms with Crippen LogP contribution in [0.5, 0.6) is 0 Å². The number of hydrogen-bond donors (Lipinski definition) is 0. The van der Waals surface area contributed by atoms with Gasteiger partial charge < -0.3 is 10.4 Å². The van der Waals surface area contributed by atoms with E-state index in [1.54, 1.807) is 0 Å². The van der Waals surface area contributed by atoms with E-state index in [4.69, 9.17) is 0 Å². The van der Waals surface area contributed by atoms with Crippen LogP contribution < -0.4 is 0 Å². The third kappa shape index (κ3) is 3980. The lowest BCUT2D eigenvalue weighted by Crippen LogP contribution is -1.99. The van der Waals surface area contributed by atoms with Crippen molar-refractivity contribution in [3.8, 4) is 0 Å². The molecule has 2 N–H and O–H groups in total. The molecule has 0 aromatic rings. The largest absolute Gasteiger partial charge is 0.412 e. The van der Waals surface area contributed by atoms with Crippen LogP contribution in [0.15, 0.2) is 0 Å². The second kappa shape index (κ2) is 70.6. The molecule has 0 aliphatic rings. The van der Waals surface area contributed by atoms with Gasteiger partial charge in [0.25, 0.3) is 0 Å². The monoisotopic (exact) mass is 171 g/mol. The van der Waals surface area contributed by atoms with E-state index < -0.39 is 0 Å². The molecule has 2 nitrogen and oxygen atoms in total. The maximum Gasteiger partial charge on any atom is 0.0814 e. The minimum absolute atomic E-state index is 0. The maximum absolute atomic E-state index is 2.00. The molecule has 0 fully saturated rings. The van der Waals surface area contributed by atoms with Crippen molar-refractivity contribution < 1.29 is 24.3 Å². The Morgan fingerprint density at radius 3 is 0.700 bits per heavy atom. The highest BCUT2D eigenvalue weighted by molar-refractivity contribution is 5.75. The molecule has 0 radical (unpaired) electrons. The molecule has 10 heavy (non-hydrogen) atoms. The average molecular weight is 171 g/mol. The van der Waals surface area contributed by atoms with Crippen LogP contribution in [0.2, 0.25) is 0 Å². The van der Waals surface area contributed by atoms with Crippen LogP contribution in [0.25, 0.3) is 0 Å². The van der Waals surface area contributed by atoms with Gasteiger partial charge in [-0.1, -0.05) is 0 Å². The molecule has 0 atom stereocenters. The summed E-state index contributed by atoms with van der Waals surface area (Å²) in [7, 11) is 6.00. The Morgan fingerprint density at radius 2 is 0.700 bits per heavy atom. The van der Waals surface area contributed by atoms with Crippen molar-refractivity contribution >= 4 is 8.41 Å². The Kier molecular flexibility index (Phi) is 710. The summed E-state index contributed by atoms with van der Waals surface area (Å²) in [5.74, 6) is 0. The van der Waals surface area contributed by atoms with Crippen LogP contribution in [-0.4, -0.2) is 39.9 Å². The fraction of sp³-hybridized carbons (Fsp3) is 1.00. The lowest BCUT2D eigenvalue weighted by Gasteiger charge is -1.90. The van der Waals surface area contributed by atoms with E-state index in [1.165, 1.54) is 0 Å². The van der Waals surface area contributed by atoms with Gasteiger partial charge in [0.15, 0.2) is 0 Å². The smallest absolute Gasteiger partial charge is 0.0814 e. The van der Waals surface area contributed by atoms with E-state index in [9.17, 15) is 0 Å². The third-order valence-electron chi connectivity index (χ3n) is 0. The van der Waals surface area contributed by atoms with Gasteiger partial charge in [0.2, 0.25) is 0 Å². The molecule has 0 saturated heterocycles. The Labute approximate surface area is 59.9 Å². The second-order valence-electron chi connectivity index (χ2n) is 1.34. The summed E-state index contributed by atoms with van der Waals surface area (Å²) in [5.41, 5.74) is 0. The lowest BCUT2D eigenvalue weighted by atomic mass is 10.8. The van der Waals surface area contributed by atoms with Gasteiger partial charge in [0, 0.05) is 0 Å². The highest BCUT2D eigenvalue weighted by Gasteiger charge is 1.58. The van der Waals surface area contributed by atoms with Crippen molar-refractivity contribution in [1.82, 2.24) is 4.90 Å². The fourth-order valence-electron chi connectivity index (χ4n) is 0. The molecule has 0 spiro atoms. The number of nitrogens with zero attached hydrogens (tertiary/aromatic N) is 1. The molecule has 0 aromatic heterocycles. The number of halogens is 4. The second-order valence-corrected chi connectivity index (χ2v) is 1.34. The molecular weight excluding hydrogens is 153 g/mol. The third-order valence-corrected chi connectivity index (χ3v) is 0. The Bertz CT molecular complexity index is 25.2. The molecule has 72 valence electrons. The molecule has 0 unspecified atom stereocenters. The van der Waals surface area contributed by atoms with Gasteiger partial charge in [-0.2, -0.15) is 0 Å². The van der Waals surface area contributed by atoms with E-state index >= 15 is 0 Å². The quantitative estimate of drug-likeness (QED) is 0.332. The normalized spacial score (nSPS) is 3.60. The first-order valence-corrected chi connectivity index (χ1v) is 1.34. The van der Waals surface area contributed by atoms with E-state index in [1.807, 2.05) is 26.0 Å². The summed E-state index contributed by atoms with van der Waals surface area (Å²) in [6, 6.07) is 0. The summed E-state index contributed by atoms with van der Waals surface area (Å²) in [4.78, 5) is 2.00. The summed E-state index contributed by atoms with van der Waals surface area (Å²) < 4.78 is 0. The number of rotatable bonds is 0. The van der Waals surface area contributed by atoms with Crippen LogP contribution in [0.3, 0.4) is 0 Å². The highest BCUT2D eigenvalue weighted by atomic mass is 19.0. The van der Waals surface area contributed by atoms with Crippen LogP contribution in [0, 0.1) is 0 Å².